The van der Waals surface area contributed by atoms with Crippen molar-refractivity contribution in [1.29, 1.82) is 0 Å². The zero-order chi connectivity index (χ0) is 12.1. The zero-order valence-corrected chi connectivity index (χ0v) is 9.01. The minimum Gasteiger partial charge on any atom is -0.494 e. The molecule has 0 spiro atoms. The highest BCUT2D eigenvalue weighted by molar-refractivity contribution is 5.92. The predicted molar refractivity (Wildman–Crippen MR) is 51.3 cm³/mol. The fourth-order valence-corrected chi connectivity index (χ4v) is 0.973. The van der Waals surface area contributed by atoms with Crippen LogP contribution in [0.1, 0.15) is 21.0 Å². The topological polar surface area (TPSA) is 87.6 Å². The highest BCUT2D eigenvalue weighted by Gasteiger charge is 2.19. The molecule has 0 saturated heterocycles. The summed E-state index contributed by atoms with van der Waals surface area (Å²) in [4.78, 5) is 22.4. The minimum absolute atomic E-state index is 0.0491. The first-order valence-corrected chi connectivity index (χ1v) is 4.22. The van der Waals surface area contributed by atoms with Gasteiger partial charge in [0.15, 0.2) is 11.4 Å². The maximum absolute atomic E-state index is 11.2. The number of rotatable bonds is 3. The number of carbonyl (C=O) groups excluding carboxylic acids is 2. The smallest absolute Gasteiger partial charge is 0.362 e. The molecule has 1 rings (SSSR count). The van der Waals surface area contributed by atoms with E-state index in [0.717, 1.165) is 0 Å². The molecular weight excluding hydrogens is 216 g/mol. The fraction of sp³-hybridized carbons (Fsp3) is 0.333. The van der Waals surface area contributed by atoms with Crippen molar-refractivity contribution >= 4 is 11.9 Å². The third-order valence-corrected chi connectivity index (χ3v) is 1.75. The molecule has 1 aromatic rings. The first-order chi connectivity index (χ1) is 7.63. The minimum atomic E-state index is -0.694. The summed E-state index contributed by atoms with van der Waals surface area (Å²) in [7, 11) is 3.76. The van der Waals surface area contributed by atoms with E-state index in [-0.39, 0.29) is 17.1 Å². The molecule has 7 nitrogen and oxygen atoms in total. The van der Waals surface area contributed by atoms with Crippen LogP contribution in [0.3, 0.4) is 0 Å². The van der Waals surface area contributed by atoms with Crippen molar-refractivity contribution in [3.8, 4) is 5.75 Å². The van der Waals surface area contributed by atoms with Gasteiger partial charge < -0.3 is 14.2 Å². The van der Waals surface area contributed by atoms with E-state index in [2.05, 4.69) is 19.7 Å². The number of carbonyl (C=O) groups is 2. The summed E-state index contributed by atoms with van der Waals surface area (Å²) in [5, 5.41) is 7.06. The van der Waals surface area contributed by atoms with E-state index < -0.39 is 11.9 Å². The van der Waals surface area contributed by atoms with Gasteiger partial charge in [0.05, 0.1) is 21.3 Å². The summed E-state index contributed by atoms with van der Waals surface area (Å²) in [6, 6.07) is 1.26. The molecule has 0 fully saturated rings. The van der Waals surface area contributed by atoms with Crippen LogP contribution < -0.4 is 4.74 Å². The van der Waals surface area contributed by atoms with Gasteiger partial charge in [-0.25, -0.2) is 9.59 Å². The first-order valence-electron chi connectivity index (χ1n) is 4.22. The number of hydrogen-bond acceptors (Lipinski definition) is 7. The molecule has 0 aliphatic rings. The van der Waals surface area contributed by atoms with E-state index in [9.17, 15) is 9.59 Å². The Bertz CT molecular complexity index is 418. The number of methoxy groups -OCH3 is 3. The summed E-state index contributed by atoms with van der Waals surface area (Å²) in [6.07, 6.45) is 0. The van der Waals surface area contributed by atoms with Crippen LogP contribution in [0.25, 0.3) is 0 Å². The van der Waals surface area contributed by atoms with Crippen LogP contribution >= 0.6 is 0 Å². The highest BCUT2D eigenvalue weighted by atomic mass is 16.5. The summed E-state index contributed by atoms with van der Waals surface area (Å²) in [5.74, 6) is -1.26. The Hall–Kier alpha value is -2.18. The van der Waals surface area contributed by atoms with Gasteiger partial charge in [0, 0.05) is 6.07 Å². The second-order valence-corrected chi connectivity index (χ2v) is 2.63. The van der Waals surface area contributed by atoms with E-state index in [1.807, 2.05) is 0 Å². The van der Waals surface area contributed by atoms with Crippen molar-refractivity contribution in [2.45, 2.75) is 0 Å². The van der Waals surface area contributed by atoms with E-state index >= 15 is 0 Å². The number of hydrogen-bond donors (Lipinski definition) is 0. The van der Waals surface area contributed by atoms with Crippen LogP contribution in [-0.2, 0) is 9.47 Å². The number of ether oxygens (including phenoxy) is 3. The fourth-order valence-electron chi connectivity index (χ4n) is 0.973. The molecule has 1 aromatic heterocycles. The quantitative estimate of drug-likeness (QED) is 0.673. The van der Waals surface area contributed by atoms with Crippen LogP contribution in [0.2, 0.25) is 0 Å². The van der Waals surface area contributed by atoms with Crippen molar-refractivity contribution in [2.75, 3.05) is 21.3 Å². The van der Waals surface area contributed by atoms with Gasteiger partial charge in [-0.3, -0.25) is 0 Å². The van der Waals surface area contributed by atoms with Gasteiger partial charge in [-0.1, -0.05) is 0 Å². The Morgan fingerprint density at radius 2 is 1.69 bits per heavy atom. The summed E-state index contributed by atoms with van der Waals surface area (Å²) < 4.78 is 13.8. The molecule has 16 heavy (non-hydrogen) atoms. The number of aromatic nitrogens is 2. The molecule has 1 heterocycles. The van der Waals surface area contributed by atoms with Crippen LogP contribution in [0.15, 0.2) is 6.07 Å². The molecule has 0 radical (unpaired) electrons. The second-order valence-electron chi connectivity index (χ2n) is 2.63. The van der Waals surface area contributed by atoms with Crippen LogP contribution in [0, 0.1) is 0 Å². The van der Waals surface area contributed by atoms with Gasteiger partial charge in [0.1, 0.15) is 0 Å². The Kier molecular flexibility index (Phi) is 3.76. The van der Waals surface area contributed by atoms with E-state index in [1.165, 1.54) is 27.4 Å². The Balaban J connectivity index is 3.16. The molecule has 86 valence electrons. The molecule has 0 saturated carbocycles. The summed E-state index contributed by atoms with van der Waals surface area (Å²) in [5.41, 5.74) is -0.148. The largest absolute Gasteiger partial charge is 0.494 e. The maximum atomic E-state index is 11.2. The van der Waals surface area contributed by atoms with Gasteiger partial charge in [-0.2, -0.15) is 0 Å². The maximum Gasteiger partial charge on any atom is 0.362 e. The lowest BCUT2D eigenvalue weighted by atomic mass is 10.3. The monoisotopic (exact) mass is 226 g/mol. The Labute approximate surface area is 91.3 Å². The van der Waals surface area contributed by atoms with Crippen LogP contribution in [0.5, 0.6) is 5.75 Å². The lowest BCUT2D eigenvalue weighted by Gasteiger charge is -2.05. The molecule has 0 aliphatic heterocycles. The molecule has 7 heteroatoms. The average Bonchev–Trinajstić information content (AvgIpc) is 2.35. The van der Waals surface area contributed by atoms with Crippen molar-refractivity contribution in [2.24, 2.45) is 0 Å². The second kappa shape index (κ2) is 5.06. The highest BCUT2D eigenvalue weighted by Crippen LogP contribution is 2.17. The Morgan fingerprint density at radius 3 is 2.19 bits per heavy atom. The number of nitrogens with zero attached hydrogens (tertiary/aromatic N) is 2. The zero-order valence-electron chi connectivity index (χ0n) is 9.01. The van der Waals surface area contributed by atoms with Crippen molar-refractivity contribution in [3.63, 3.8) is 0 Å². The van der Waals surface area contributed by atoms with Crippen molar-refractivity contribution < 1.29 is 23.8 Å². The van der Waals surface area contributed by atoms with Gasteiger partial charge in [0.25, 0.3) is 0 Å². The van der Waals surface area contributed by atoms with E-state index in [1.54, 1.807) is 0 Å². The predicted octanol–water partition coefficient (Wildman–Crippen LogP) is 0.0584. The van der Waals surface area contributed by atoms with Gasteiger partial charge in [0.2, 0.25) is 5.69 Å². The van der Waals surface area contributed by atoms with Crippen molar-refractivity contribution in [3.05, 3.63) is 17.5 Å². The lowest BCUT2D eigenvalue weighted by molar-refractivity contribution is 0.0569. The lowest BCUT2D eigenvalue weighted by Crippen LogP contribution is -2.12. The van der Waals surface area contributed by atoms with Gasteiger partial charge in [-0.15, -0.1) is 10.2 Å². The molecule has 0 atom stereocenters. The summed E-state index contributed by atoms with van der Waals surface area (Å²) in [6.45, 7) is 0. The average molecular weight is 226 g/mol. The normalized spacial score (nSPS) is 9.44. The summed E-state index contributed by atoms with van der Waals surface area (Å²) >= 11 is 0. The van der Waals surface area contributed by atoms with Crippen LogP contribution in [-0.4, -0.2) is 43.5 Å². The third kappa shape index (κ3) is 2.25. The SMILES string of the molecule is COC(=O)c1cc(OC)c(C(=O)OC)nn1. The first kappa shape index (κ1) is 11.9. The van der Waals surface area contributed by atoms with Crippen molar-refractivity contribution in [1.82, 2.24) is 10.2 Å². The molecule has 0 amide bonds. The molecule has 0 aromatic carbocycles. The molecule has 0 unspecified atom stereocenters. The molecule has 0 bridgehead atoms. The standard InChI is InChI=1S/C9H10N2O5/c1-14-6-4-5(8(12)15-2)10-11-7(6)9(13)16-3/h4H,1-3H3. The third-order valence-electron chi connectivity index (χ3n) is 1.75. The van der Waals surface area contributed by atoms with Gasteiger partial charge in [-0.05, 0) is 0 Å². The molecular formula is C9H10N2O5. The van der Waals surface area contributed by atoms with E-state index in [4.69, 9.17) is 4.74 Å². The Morgan fingerprint density at radius 1 is 1.06 bits per heavy atom. The molecule has 0 aliphatic carbocycles. The molecule has 0 N–H and O–H groups in total. The van der Waals surface area contributed by atoms with Crippen LogP contribution in [0.4, 0.5) is 0 Å². The van der Waals surface area contributed by atoms with E-state index in [0.29, 0.717) is 0 Å². The number of esters is 2. The van der Waals surface area contributed by atoms with Gasteiger partial charge >= 0.3 is 11.9 Å².